The smallest absolute Gasteiger partial charge is 0.318 e. The topological polar surface area (TPSA) is 52.6 Å². The largest absolute Gasteiger partial charge is 0.465 e. The third kappa shape index (κ3) is 10.0. The quantitative estimate of drug-likeness (QED) is 0.238. The average Bonchev–Trinajstić information content (AvgIpc) is 2.26. The molecule has 0 heterocycles. The summed E-state index contributed by atoms with van der Waals surface area (Å²) in [6.45, 7) is 4.49. The molecule has 0 spiro atoms. The van der Waals surface area contributed by atoms with E-state index in [2.05, 4.69) is 0 Å². The second-order valence-corrected chi connectivity index (χ2v) is 7.36. The molecule has 0 saturated heterocycles. The van der Waals surface area contributed by atoms with Gasteiger partial charge in [-0.25, -0.2) is 0 Å². The molecule has 0 N–H and O–H groups in total. The number of hydrogen-bond donors (Lipinski definition) is 0. The molecule has 0 aromatic carbocycles. The molecule has 0 aliphatic carbocycles. The van der Waals surface area contributed by atoms with E-state index in [1.165, 1.54) is 0 Å². The molecule has 0 aromatic rings. The van der Waals surface area contributed by atoms with Gasteiger partial charge in [-0.1, -0.05) is 45.2 Å². The third-order valence-corrected chi connectivity index (χ3v) is 2.94. The second-order valence-electron chi connectivity index (χ2n) is 3.63. The van der Waals surface area contributed by atoms with E-state index in [0.717, 1.165) is 19.3 Å². The lowest BCUT2D eigenvalue weighted by Crippen LogP contribution is -2.15. The van der Waals surface area contributed by atoms with Crippen LogP contribution in [0.15, 0.2) is 0 Å². The van der Waals surface area contributed by atoms with Crippen molar-refractivity contribution < 1.29 is 19.1 Å². The van der Waals surface area contributed by atoms with Gasteiger partial charge in [0.25, 0.3) is 0 Å². The Kier molecular flexibility index (Phi) is 10.6. The van der Waals surface area contributed by atoms with Crippen molar-refractivity contribution in [2.45, 2.75) is 41.0 Å². The van der Waals surface area contributed by atoms with Crippen LogP contribution in [0.5, 0.6) is 0 Å². The van der Waals surface area contributed by atoms with Crippen LogP contribution in [-0.4, -0.2) is 33.0 Å². The van der Waals surface area contributed by atoms with E-state index in [0.29, 0.717) is 13.2 Å². The number of carbonyl (C=O) groups excluding carboxylic acids is 2. The molecule has 2 atom stereocenters. The predicted octanol–water partition coefficient (Wildman–Crippen LogP) is 2.89. The molecular weight excluding hydrogens is 450 g/mol. The first-order valence-corrected chi connectivity index (χ1v) is 8.05. The number of hydrogen-bond acceptors (Lipinski definition) is 4. The highest BCUT2D eigenvalue weighted by Gasteiger charge is 2.10. The van der Waals surface area contributed by atoms with Gasteiger partial charge in [0.2, 0.25) is 0 Å². The molecule has 17 heavy (non-hydrogen) atoms. The lowest BCUT2D eigenvalue weighted by Gasteiger charge is -2.07. The molecule has 0 aliphatic rings. The maximum absolute atomic E-state index is 11.1. The maximum atomic E-state index is 11.1. The van der Waals surface area contributed by atoms with E-state index in [1.807, 2.05) is 45.2 Å². The van der Waals surface area contributed by atoms with Crippen molar-refractivity contribution in [2.75, 3.05) is 13.2 Å². The summed E-state index contributed by atoms with van der Waals surface area (Å²) in [6.07, 6.45) is 2.52. The van der Waals surface area contributed by atoms with Crippen LogP contribution in [0.1, 0.15) is 33.1 Å². The summed E-state index contributed by atoms with van der Waals surface area (Å²) in [6, 6.07) is 0. The van der Waals surface area contributed by atoms with Crippen molar-refractivity contribution in [3.05, 3.63) is 0 Å². The molecule has 0 saturated carbocycles. The number of carbonyl (C=O) groups is 2. The average molecular weight is 468 g/mol. The Bertz CT molecular complexity index is 218. The van der Waals surface area contributed by atoms with Gasteiger partial charge in [-0.05, 0) is 33.1 Å². The van der Waals surface area contributed by atoms with Crippen LogP contribution in [0.4, 0.5) is 0 Å². The van der Waals surface area contributed by atoms with Crippen molar-refractivity contribution >= 4 is 57.1 Å². The van der Waals surface area contributed by atoms with Crippen LogP contribution in [0.2, 0.25) is 0 Å². The summed E-state index contributed by atoms with van der Waals surface area (Å²) in [7, 11) is 0. The van der Waals surface area contributed by atoms with E-state index in [1.54, 1.807) is 13.8 Å². The summed E-state index contributed by atoms with van der Waals surface area (Å²) < 4.78 is 9.83. The van der Waals surface area contributed by atoms with Crippen molar-refractivity contribution in [3.8, 4) is 0 Å². The van der Waals surface area contributed by atoms with Crippen molar-refractivity contribution in [2.24, 2.45) is 0 Å². The van der Waals surface area contributed by atoms with E-state index >= 15 is 0 Å². The van der Waals surface area contributed by atoms with Crippen LogP contribution in [0, 0.1) is 0 Å². The third-order valence-electron chi connectivity index (χ3n) is 1.93. The molecule has 0 bridgehead atoms. The molecule has 6 heteroatoms. The Hall–Kier alpha value is 0.400. The Morgan fingerprint density at radius 1 is 0.882 bits per heavy atom. The van der Waals surface area contributed by atoms with Gasteiger partial charge in [0, 0.05) is 0 Å². The fourth-order valence-corrected chi connectivity index (χ4v) is 1.32. The molecule has 100 valence electrons. The standard InChI is InChI=1S/C11H18I2O4/c1-8(12)10(14)16-6-4-3-5-7-17-11(15)9(2)13/h8-9H,3-7H2,1-2H3. The Morgan fingerprint density at radius 2 is 1.24 bits per heavy atom. The van der Waals surface area contributed by atoms with Gasteiger partial charge in [0.05, 0.1) is 13.2 Å². The first-order chi connectivity index (χ1) is 7.95. The minimum Gasteiger partial charge on any atom is -0.465 e. The minimum absolute atomic E-state index is 0.0984. The number of rotatable bonds is 8. The van der Waals surface area contributed by atoms with Gasteiger partial charge < -0.3 is 9.47 Å². The Balaban J connectivity index is 3.30. The molecule has 0 aliphatic heterocycles. The lowest BCUT2D eigenvalue weighted by atomic mass is 10.2. The summed E-state index contributed by atoms with van der Waals surface area (Å²) in [5, 5.41) is 0. The van der Waals surface area contributed by atoms with Crippen molar-refractivity contribution in [3.63, 3.8) is 0 Å². The fraction of sp³-hybridized carbons (Fsp3) is 0.818. The molecule has 4 nitrogen and oxygen atoms in total. The lowest BCUT2D eigenvalue weighted by molar-refractivity contribution is -0.142. The zero-order valence-corrected chi connectivity index (χ0v) is 14.4. The zero-order valence-electron chi connectivity index (χ0n) is 10.1. The monoisotopic (exact) mass is 468 g/mol. The minimum atomic E-state index is -0.171. The van der Waals surface area contributed by atoms with E-state index in [4.69, 9.17) is 9.47 Å². The normalized spacial score (nSPS) is 13.9. The van der Waals surface area contributed by atoms with Crippen LogP contribution in [0.3, 0.4) is 0 Å². The van der Waals surface area contributed by atoms with Gasteiger partial charge in [0.1, 0.15) is 7.85 Å². The first-order valence-electron chi connectivity index (χ1n) is 5.56. The van der Waals surface area contributed by atoms with Crippen LogP contribution < -0.4 is 0 Å². The molecular formula is C11H18I2O4. The number of ether oxygens (including phenoxy) is 2. The summed E-state index contributed by atoms with van der Waals surface area (Å²) >= 11 is 4.05. The van der Waals surface area contributed by atoms with Gasteiger partial charge in [-0.15, -0.1) is 0 Å². The van der Waals surface area contributed by atoms with E-state index in [-0.39, 0.29) is 19.8 Å². The summed E-state index contributed by atoms with van der Waals surface area (Å²) in [4.78, 5) is 22.2. The second kappa shape index (κ2) is 10.3. The zero-order chi connectivity index (χ0) is 13.3. The van der Waals surface area contributed by atoms with E-state index < -0.39 is 0 Å². The molecule has 0 radical (unpaired) electrons. The Labute approximate surface area is 129 Å². The van der Waals surface area contributed by atoms with Crippen LogP contribution in [0.25, 0.3) is 0 Å². The molecule has 0 rings (SSSR count). The van der Waals surface area contributed by atoms with Crippen LogP contribution >= 0.6 is 45.2 Å². The first kappa shape index (κ1) is 17.4. The fourth-order valence-electron chi connectivity index (χ4n) is 0.956. The molecule has 0 aromatic heterocycles. The molecule has 2 unspecified atom stereocenters. The molecule has 0 fully saturated rings. The van der Waals surface area contributed by atoms with Gasteiger partial charge in [-0.3, -0.25) is 9.59 Å². The summed E-state index contributed by atoms with van der Waals surface area (Å²) in [5.74, 6) is -0.341. The molecule has 0 amide bonds. The number of esters is 2. The summed E-state index contributed by atoms with van der Waals surface area (Å²) in [5.41, 5.74) is 0. The highest BCUT2D eigenvalue weighted by Crippen LogP contribution is 2.05. The van der Waals surface area contributed by atoms with Gasteiger partial charge in [0.15, 0.2) is 0 Å². The number of halogens is 2. The number of alkyl halides is 2. The predicted molar refractivity (Wildman–Crippen MR) is 82.7 cm³/mol. The van der Waals surface area contributed by atoms with Gasteiger partial charge >= 0.3 is 11.9 Å². The number of unbranched alkanes of at least 4 members (excludes halogenated alkanes) is 2. The van der Waals surface area contributed by atoms with E-state index in [9.17, 15) is 9.59 Å². The van der Waals surface area contributed by atoms with Crippen molar-refractivity contribution in [1.29, 1.82) is 0 Å². The Morgan fingerprint density at radius 3 is 1.53 bits per heavy atom. The highest BCUT2D eigenvalue weighted by atomic mass is 127. The highest BCUT2D eigenvalue weighted by molar-refractivity contribution is 14.1. The van der Waals surface area contributed by atoms with Crippen LogP contribution in [-0.2, 0) is 19.1 Å². The van der Waals surface area contributed by atoms with Gasteiger partial charge in [-0.2, -0.15) is 0 Å². The SMILES string of the molecule is CC(I)C(=O)OCCCCCOC(=O)C(C)I. The van der Waals surface area contributed by atoms with Crippen molar-refractivity contribution in [1.82, 2.24) is 0 Å². The maximum Gasteiger partial charge on any atom is 0.318 e.